The van der Waals surface area contributed by atoms with Gasteiger partial charge < -0.3 is 19.4 Å². The number of hydrogen-bond acceptors (Lipinski definition) is 3. The summed E-state index contributed by atoms with van der Waals surface area (Å²) in [6, 6.07) is 0.832. The van der Waals surface area contributed by atoms with Crippen LogP contribution in [0.4, 0.5) is 4.79 Å². The summed E-state index contributed by atoms with van der Waals surface area (Å²) >= 11 is 0. The molecule has 3 aliphatic heterocycles. The van der Waals surface area contributed by atoms with Crippen molar-refractivity contribution in [2.24, 2.45) is 5.92 Å². The van der Waals surface area contributed by atoms with Crippen LogP contribution in [-0.2, 0) is 9.53 Å². The number of likely N-dealkylation sites (tertiary alicyclic amines) is 1. The Hall–Kier alpha value is -1.30. The molecule has 0 radical (unpaired) electrons. The Morgan fingerprint density at radius 1 is 0.821 bits per heavy atom. The molecule has 158 valence electrons. The molecule has 3 amide bonds. The quantitative estimate of drug-likeness (QED) is 0.742. The van der Waals surface area contributed by atoms with Crippen LogP contribution in [0.2, 0.25) is 0 Å². The second kappa shape index (κ2) is 8.60. The highest BCUT2D eigenvalue weighted by atomic mass is 16.5. The summed E-state index contributed by atoms with van der Waals surface area (Å²) in [7, 11) is 3.68. The average molecular weight is 392 g/mol. The van der Waals surface area contributed by atoms with Crippen LogP contribution in [0.5, 0.6) is 0 Å². The van der Waals surface area contributed by atoms with E-state index in [0.717, 1.165) is 64.5 Å². The van der Waals surface area contributed by atoms with Crippen molar-refractivity contribution in [3.63, 3.8) is 0 Å². The van der Waals surface area contributed by atoms with Crippen molar-refractivity contribution in [2.45, 2.75) is 94.9 Å². The van der Waals surface area contributed by atoms with Gasteiger partial charge in [-0.05, 0) is 51.4 Å². The maximum atomic E-state index is 12.7. The van der Waals surface area contributed by atoms with Gasteiger partial charge in [0.25, 0.3) is 0 Å². The number of urea groups is 1. The minimum atomic E-state index is 0.153. The normalized spacial score (nSPS) is 31.9. The highest BCUT2D eigenvalue weighted by Crippen LogP contribution is 2.38. The van der Waals surface area contributed by atoms with E-state index in [9.17, 15) is 9.59 Å². The van der Waals surface area contributed by atoms with E-state index in [2.05, 4.69) is 9.80 Å². The van der Waals surface area contributed by atoms with E-state index in [4.69, 9.17) is 4.74 Å². The molecule has 1 saturated carbocycles. The van der Waals surface area contributed by atoms with Gasteiger partial charge in [-0.3, -0.25) is 4.79 Å². The summed E-state index contributed by atoms with van der Waals surface area (Å²) in [6.07, 6.45) is 12.5. The van der Waals surface area contributed by atoms with Gasteiger partial charge in [-0.1, -0.05) is 19.3 Å². The largest absolute Gasteiger partial charge is 0.375 e. The van der Waals surface area contributed by atoms with Crippen molar-refractivity contribution in [3.8, 4) is 0 Å². The number of hydrogen-bond donors (Lipinski definition) is 0. The molecular formula is C22H37N3O3. The van der Waals surface area contributed by atoms with E-state index in [1.807, 2.05) is 14.1 Å². The van der Waals surface area contributed by atoms with Gasteiger partial charge >= 0.3 is 6.03 Å². The lowest BCUT2D eigenvalue weighted by molar-refractivity contribution is -0.140. The maximum Gasteiger partial charge on any atom is 0.319 e. The number of carbonyl (C=O) groups excluding carboxylic acids is 2. The molecule has 3 atom stereocenters. The van der Waals surface area contributed by atoms with Crippen LogP contribution in [0, 0.1) is 5.92 Å². The first-order chi connectivity index (χ1) is 13.5. The monoisotopic (exact) mass is 391 g/mol. The molecule has 4 aliphatic rings. The molecule has 28 heavy (non-hydrogen) atoms. The number of amides is 3. The number of nitrogens with zero attached hydrogens (tertiary/aromatic N) is 3. The van der Waals surface area contributed by atoms with E-state index in [0.29, 0.717) is 18.0 Å². The minimum Gasteiger partial charge on any atom is -0.375 e. The summed E-state index contributed by atoms with van der Waals surface area (Å²) in [5.74, 6) is 0.673. The van der Waals surface area contributed by atoms with E-state index in [-0.39, 0.29) is 24.2 Å². The Morgan fingerprint density at radius 2 is 1.43 bits per heavy atom. The lowest BCUT2D eigenvalue weighted by atomic mass is 9.88. The van der Waals surface area contributed by atoms with Gasteiger partial charge in [-0.25, -0.2) is 4.79 Å². The SMILES string of the molecule is CN(C)C(=O)N1[C@@H]2CC[C@H]1CC(OC1CCN(C(=O)C3CCCCC3)CC1)C2. The third kappa shape index (κ3) is 4.17. The van der Waals surface area contributed by atoms with Gasteiger partial charge in [0.15, 0.2) is 0 Å². The van der Waals surface area contributed by atoms with E-state index in [1.165, 1.54) is 19.3 Å². The van der Waals surface area contributed by atoms with E-state index >= 15 is 0 Å². The zero-order valence-corrected chi connectivity index (χ0v) is 17.6. The van der Waals surface area contributed by atoms with Gasteiger partial charge in [0.05, 0.1) is 12.2 Å². The maximum absolute atomic E-state index is 12.7. The molecule has 4 rings (SSSR count). The molecule has 0 aromatic heterocycles. The third-order valence-electron chi connectivity index (χ3n) is 7.39. The molecule has 1 unspecified atom stereocenters. The van der Waals surface area contributed by atoms with Gasteiger partial charge in [-0.2, -0.15) is 0 Å². The fourth-order valence-corrected chi connectivity index (χ4v) is 5.87. The first-order valence-corrected chi connectivity index (χ1v) is 11.5. The molecule has 6 nitrogen and oxygen atoms in total. The average Bonchev–Trinajstić information content (AvgIpc) is 2.98. The van der Waals surface area contributed by atoms with Crippen molar-refractivity contribution in [1.82, 2.24) is 14.7 Å². The lowest BCUT2D eigenvalue weighted by Crippen LogP contribution is -2.52. The Morgan fingerprint density at radius 3 is 2.00 bits per heavy atom. The van der Waals surface area contributed by atoms with Crippen LogP contribution in [0.1, 0.15) is 70.6 Å². The lowest BCUT2D eigenvalue weighted by Gasteiger charge is -2.42. The van der Waals surface area contributed by atoms with Crippen molar-refractivity contribution < 1.29 is 14.3 Å². The van der Waals surface area contributed by atoms with Crippen molar-refractivity contribution >= 4 is 11.9 Å². The number of rotatable bonds is 3. The Bertz CT molecular complexity index is 553. The molecule has 2 bridgehead atoms. The second-order valence-electron chi connectivity index (χ2n) is 9.56. The molecule has 0 spiro atoms. The molecule has 4 fully saturated rings. The zero-order chi connectivity index (χ0) is 19.7. The highest BCUT2D eigenvalue weighted by molar-refractivity contribution is 5.79. The fraction of sp³-hybridized carbons (Fsp3) is 0.909. The Labute approximate surface area is 169 Å². The van der Waals surface area contributed by atoms with Crippen LogP contribution in [0.15, 0.2) is 0 Å². The van der Waals surface area contributed by atoms with Gasteiger partial charge in [0.2, 0.25) is 5.91 Å². The van der Waals surface area contributed by atoms with Crippen LogP contribution < -0.4 is 0 Å². The molecule has 0 aromatic rings. The number of piperidine rings is 2. The first-order valence-electron chi connectivity index (χ1n) is 11.5. The Balaban J connectivity index is 1.24. The van der Waals surface area contributed by atoms with Gasteiger partial charge in [-0.15, -0.1) is 0 Å². The fourth-order valence-electron chi connectivity index (χ4n) is 5.87. The summed E-state index contributed by atoms with van der Waals surface area (Å²) in [5.41, 5.74) is 0. The third-order valence-corrected chi connectivity index (χ3v) is 7.39. The van der Waals surface area contributed by atoms with Gasteiger partial charge in [0.1, 0.15) is 0 Å². The zero-order valence-electron chi connectivity index (χ0n) is 17.6. The summed E-state index contributed by atoms with van der Waals surface area (Å²) in [6.45, 7) is 1.70. The molecular weight excluding hydrogens is 354 g/mol. The molecule has 0 aromatic carbocycles. The van der Waals surface area contributed by atoms with Crippen LogP contribution >= 0.6 is 0 Å². The highest BCUT2D eigenvalue weighted by Gasteiger charge is 2.44. The van der Waals surface area contributed by atoms with E-state index in [1.54, 1.807) is 4.90 Å². The number of carbonyl (C=O) groups is 2. The van der Waals surface area contributed by atoms with Crippen molar-refractivity contribution in [3.05, 3.63) is 0 Å². The minimum absolute atomic E-state index is 0.153. The molecule has 3 heterocycles. The van der Waals surface area contributed by atoms with Crippen LogP contribution in [-0.4, -0.2) is 78.1 Å². The summed E-state index contributed by atoms with van der Waals surface area (Å²) < 4.78 is 6.49. The predicted octanol–water partition coefficient (Wildman–Crippen LogP) is 3.25. The van der Waals surface area contributed by atoms with Crippen LogP contribution in [0.3, 0.4) is 0 Å². The summed E-state index contributed by atoms with van der Waals surface area (Å²) in [4.78, 5) is 31.1. The Kier molecular flexibility index (Phi) is 6.14. The van der Waals surface area contributed by atoms with Crippen LogP contribution in [0.25, 0.3) is 0 Å². The van der Waals surface area contributed by atoms with Crippen molar-refractivity contribution in [1.29, 1.82) is 0 Å². The predicted molar refractivity (Wildman–Crippen MR) is 108 cm³/mol. The second-order valence-corrected chi connectivity index (χ2v) is 9.56. The van der Waals surface area contributed by atoms with E-state index < -0.39 is 0 Å². The standard InChI is InChI=1S/C22H37N3O3/c1-23(2)22(27)25-17-8-9-18(25)15-20(14-17)28-19-10-12-24(13-11-19)21(26)16-6-4-3-5-7-16/h16-20H,3-15H2,1-2H3/t17-,18+,20?. The van der Waals surface area contributed by atoms with Crippen molar-refractivity contribution in [2.75, 3.05) is 27.2 Å². The number of ether oxygens (including phenoxy) is 1. The van der Waals surface area contributed by atoms with Gasteiger partial charge in [0, 0.05) is 45.2 Å². The molecule has 3 saturated heterocycles. The number of fused-ring (bicyclic) bond motifs is 2. The first kappa shape index (κ1) is 20.0. The summed E-state index contributed by atoms with van der Waals surface area (Å²) in [5, 5.41) is 0. The molecule has 0 N–H and O–H groups in total. The topological polar surface area (TPSA) is 53.1 Å². The molecule has 6 heteroatoms. The molecule has 1 aliphatic carbocycles. The smallest absolute Gasteiger partial charge is 0.319 e.